The van der Waals surface area contributed by atoms with Gasteiger partial charge in [0.15, 0.2) is 0 Å². The molecule has 0 saturated heterocycles. The summed E-state index contributed by atoms with van der Waals surface area (Å²) in [5.41, 5.74) is 0. The summed E-state index contributed by atoms with van der Waals surface area (Å²) in [6.07, 6.45) is 0. The maximum Gasteiger partial charge on any atom is 0.296 e. The fourth-order valence-electron chi connectivity index (χ4n) is 0.314. The van der Waals surface area contributed by atoms with E-state index < -0.39 is 5.91 Å². The van der Waals surface area contributed by atoms with Crippen LogP contribution in [0.5, 0.6) is 0 Å². The predicted molar refractivity (Wildman–Crippen MR) is 40.5 cm³/mol. The molecule has 4 heteroatoms. The van der Waals surface area contributed by atoms with Gasteiger partial charge in [-0.1, -0.05) is 5.92 Å². The maximum absolute atomic E-state index is 10.5. The Hall–Kier alpha value is -0.950. The zero-order valence-electron chi connectivity index (χ0n) is 5.47. The highest BCUT2D eigenvalue weighted by Gasteiger charge is 1.95. The van der Waals surface area contributed by atoms with Crippen LogP contribution >= 0.6 is 12.6 Å². The molecule has 0 radical (unpaired) electrons. The van der Waals surface area contributed by atoms with Crippen molar-refractivity contribution in [3.8, 4) is 11.8 Å². The number of hydrogen-bond acceptors (Lipinski definition) is 2. The summed E-state index contributed by atoms with van der Waals surface area (Å²) in [6, 6.07) is 0. The van der Waals surface area contributed by atoms with E-state index in [9.17, 15) is 9.59 Å². The van der Waals surface area contributed by atoms with Crippen molar-refractivity contribution < 1.29 is 9.59 Å². The molecule has 0 bridgehead atoms. The van der Waals surface area contributed by atoms with Gasteiger partial charge in [-0.2, -0.15) is 0 Å². The van der Waals surface area contributed by atoms with Crippen LogP contribution in [0.4, 0.5) is 0 Å². The summed E-state index contributed by atoms with van der Waals surface area (Å²) in [4.78, 5) is 20.6. The lowest BCUT2D eigenvalue weighted by molar-refractivity contribution is -0.118. The van der Waals surface area contributed by atoms with Gasteiger partial charge in [0.05, 0.1) is 6.54 Å². The normalized spacial score (nSPS) is 7.40. The molecule has 0 spiro atoms. The SMILES string of the molecule is CC#CC(=O)NCC(=O)S. The van der Waals surface area contributed by atoms with E-state index in [0.717, 1.165) is 0 Å². The maximum atomic E-state index is 10.5. The first-order valence-electron chi connectivity index (χ1n) is 2.59. The lowest BCUT2D eigenvalue weighted by Crippen LogP contribution is -2.25. The Morgan fingerprint density at radius 2 is 2.20 bits per heavy atom. The molecule has 0 rings (SSSR count). The van der Waals surface area contributed by atoms with Gasteiger partial charge in [0, 0.05) is 0 Å². The van der Waals surface area contributed by atoms with Crippen molar-refractivity contribution in [2.45, 2.75) is 6.92 Å². The van der Waals surface area contributed by atoms with Crippen LogP contribution in [0.25, 0.3) is 0 Å². The van der Waals surface area contributed by atoms with Crippen molar-refractivity contribution in [2.24, 2.45) is 0 Å². The van der Waals surface area contributed by atoms with E-state index in [1.807, 2.05) is 0 Å². The number of carbonyl (C=O) groups excluding carboxylic acids is 2. The summed E-state index contributed by atoms with van der Waals surface area (Å²) < 4.78 is 0. The average molecular weight is 157 g/mol. The fraction of sp³-hybridized carbons (Fsp3) is 0.333. The molecule has 1 N–H and O–H groups in total. The fourth-order valence-corrected chi connectivity index (χ4v) is 0.393. The standard InChI is InChI=1S/C6H7NO2S/c1-2-3-5(8)7-4-6(9)10/h4H2,1H3,(H,7,8)(H,9,10). The van der Waals surface area contributed by atoms with Gasteiger partial charge < -0.3 is 5.32 Å². The van der Waals surface area contributed by atoms with E-state index in [2.05, 4.69) is 29.8 Å². The van der Waals surface area contributed by atoms with E-state index in [1.54, 1.807) is 6.92 Å². The molecule has 54 valence electrons. The van der Waals surface area contributed by atoms with Crippen LogP contribution in [0.3, 0.4) is 0 Å². The van der Waals surface area contributed by atoms with Crippen molar-refractivity contribution in [3.05, 3.63) is 0 Å². The summed E-state index contributed by atoms with van der Waals surface area (Å²) in [5.74, 6) is 4.15. The highest BCUT2D eigenvalue weighted by Crippen LogP contribution is 1.73. The van der Waals surface area contributed by atoms with E-state index in [-0.39, 0.29) is 11.7 Å². The van der Waals surface area contributed by atoms with E-state index >= 15 is 0 Å². The third-order valence-electron chi connectivity index (χ3n) is 0.639. The number of thiol groups is 1. The summed E-state index contributed by atoms with van der Waals surface area (Å²) >= 11 is 3.44. The van der Waals surface area contributed by atoms with Crippen LogP contribution < -0.4 is 5.32 Å². The van der Waals surface area contributed by atoms with Crippen LogP contribution in [0.1, 0.15) is 6.92 Å². The summed E-state index contributed by atoms with van der Waals surface area (Å²) in [7, 11) is 0. The molecular weight excluding hydrogens is 150 g/mol. The van der Waals surface area contributed by atoms with Crippen molar-refractivity contribution >= 4 is 23.7 Å². The molecule has 1 amide bonds. The van der Waals surface area contributed by atoms with Gasteiger partial charge in [0.1, 0.15) is 0 Å². The molecule has 0 aliphatic carbocycles. The van der Waals surface area contributed by atoms with Crippen molar-refractivity contribution in [1.29, 1.82) is 0 Å². The van der Waals surface area contributed by atoms with Gasteiger partial charge in [0.25, 0.3) is 5.91 Å². The highest BCUT2D eigenvalue weighted by molar-refractivity contribution is 7.96. The minimum atomic E-state index is -0.454. The molecule has 0 atom stereocenters. The number of nitrogens with one attached hydrogen (secondary N) is 1. The molecule has 0 heterocycles. The minimum Gasteiger partial charge on any atom is -0.337 e. The molecule has 0 aromatic heterocycles. The third-order valence-corrected chi connectivity index (χ3v) is 0.797. The van der Waals surface area contributed by atoms with Gasteiger partial charge in [-0.3, -0.25) is 9.59 Å². The zero-order chi connectivity index (χ0) is 7.98. The number of rotatable bonds is 2. The quantitative estimate of drug-likeness (QED) is 0.422. The van der Waals surface area contributed by atoms with Gasteiger partial charge >= 0.3 is 0 Å². The Balaban J connectivity index is 3.57. The first-order valence-corrected chi connectivity index (χ1v) is 3.04. The molecule has 10 heavy (non-hydrogen) atoms. The predicted octanol–water partition coefficient (Wildman–Crippen LogP) is -0.418. The second-order valence-corrected chi connectivity index (χ2v) is 1.95. The highest BCUT2D eigenvalue weighted by atomic mass is 32.1. The van der Waals surface area contributed by atoms with Crippen LogP contribution in [0.2, 0.25) is 0 Å². The van der Waals surface area contributed by atoms with Gasteiger partial charge in [-0.25, -0.2) is 0 Å². The Morgan fingerprint density at radius 1 is 1.60 bits per heavy atom. The van der Waals surface area contributed by atoms with Crippen molar-refractivity contribution in [3.63, 3.8) is 0 Å². The molecule has 0 unspecified atom stereocenters. The van der Waals surface area contributed by atoms with E-state index in [4.69, 9.17) is 0 Å². The Morgan fingerprint density at radius 3 is 2.60 bits per heavy atom. The Kier molecular flexibility index (Phi) is 4.42. The van der Waals surface area contributed by atoms with Gasteiger partial charge in [-0.15, -0.1) is 12.6 Å². The first kappa shape index (κ1) is 9.05. The topological polar surface area (TPSA) is 46.2 Å². The monoisotopic (exact) mass is 157 g/mol. The summed E-state index contributed by atoms with van der Waals surface area (Å²) in [6.45, 7) is 1.47. The van der Waals surface area contributed by atoms with Crippen molar-refractivity contribution in [2.75, 3.05) is 6.54 Å². The lowest BCUT2D eigenvalue weighted by atomic mass is 10.5. The van der Waals surface area contributed by atoms with E-state index in [1.165, 1.54) is 0 Å². The van der Waals surface area contributed by atoms with E-state index in [0.29, 0.717) is 0 Å². The molecule has 3 nitrogen and oxygen atoms in total. The van der Waals surface area contributed by atoms with Gasteiger partial charge in [-0.05, 0) is 12.8 Å². The largest absolute Gasteiger partial charge is 0.337 e. The van der Waals surface area contributed by atoms with Crippen LogP contribution in [-0.2, 0) is 9.59 Å². The minimum absolute atomic E-state index is 0.0728. The second kappa shape index (κ2) is 4.89. The smallest absolute Gasteiger partial charge is 0.296 e. The number of carbonyl (C=O) groups is 2. The molecular formula is C6H7NO2S. The molecule has 0 aliphatic heterocycles. The van der Waals surface area contributed by atoms with Crippen LogP contribution in [-0.4, -0.2) is 17.6 Å². The molecule has 0 fully saturated rings. The third kappa shape index (κ3) is 5.19. The number of hydrogen-bond donors (Lipinski definition) is 2. The first-order chi connectivity index (χ1) is 4.66. The number of amides is 1. The average Bonchev–Trinajstić information content (AvgIpc) is 1.85. The molecule has 0 saturated carbocycles. The molecule has 0 aromatic carbocycles. The van der Waals surface area contributed by atoms with Crippen LogP contribution in [0, 0.1) is 11.8 Å². The lowest BCUT2D eigenvalue weighted by Gasteiger charge is -1.92. The van der Waals surface area contributed by atoms with Crippen LogP contribution in [0.15, 0.2) is 0 Å². The van der Waals surface area contributed by atoms with Crippen molar-refractivity contribution in [1.82, 2.24) is 5.32 Å². The molecule has 0 aromatic rings. The second-order valence-electron chi connectivity index (χ2n) is 1.45. The molecule has 0 aliphatic rings. The Labute approximate surface area is 64.6 Å². The van der Waals surface area contributed by atoms with Gasteiger partial charge in [0.2, 0.25) is 5.12 Å². The zero-order valence-corrected chi connectivity index (χ0v) is 6.37. The summed E-state index contributed by atoms with van der Waals surface area (Å²) in [5, 5.41) is 1.86. The Bertz CT molecular complexity index is 202.